The Morgan fingerprint density at radius 3 is 1.33 bits per heavy atom. The van der Waals surface area contributed by atoms with Gasteiger partial charge in [-0.1, -0.05) is 90.4 Å². The summed E-state index contributed by atoms with van der Waals surface area (Å²) in [6.07, 6.45) is 23.1. The second kappa shape index (κ2) is 33.1. The van der Waals surface area contributed by atoms with Crippen LogP contribution in [0.25, 0.3) is 0 Å². The highest BCUT2D eigenvalue weighted by Crippen LogP contribution is 2.13. The molecule has 0 radical (unpaired) electrons. The number of thioether (sulfide) groups is 1. The van der Waals surface area contributed by atoms with E-state index in [9.17, 15) is 0 Å². The zero-order valence-corrected chi connectivity index (χ0v) is 27.9. The standard InChI is InChI=1S/C33H63N2O6S/c1-3-4-5-6-7-8-9-10-11-12-13-14-15-16-20-36-21-22-37-23-24-38-25-26-39-27-28-40-29-30-41-31-32-42-33-34-18-17-19-35(33)2/h17-19H,3-16,20-32H2,1-2H3/q+1. The van der Waals surface area contributed by atoms with Gasteiger partial charge in [-0.2, -0.15) is 0 Å². The second-order valence-electron chi connectivity index (χ2n) is 10.6. The third kappa shape index (κ3) is 28.0. The fraction of sp³-hybridized carbons (Fsp3) is 0.879. The Kier molecular flexibility index (Phi) is 30.9. The fourth-order valence-electron chi connectivity index (χ4n) is 4.36. The molecule has 1 rings (SSSR count). The van der Waals surface area contributed by atoms with Crippen LogP contribution in [0.4, 0.5) is 0 Å². The SMILES string of the molecule is CCCCCCCCCCCCCCCCOCCOCCOCCOCCOCCOCCSc1nccc[n+]1C. The molecule has 8 nitrogen and oxygen atoms in total. The molecule has 0 aliphatic carbocycles. The van der Waals surface area contributed by atoms with Crippen molar-refractivity contribution < 1.29 is 33.0 Å². The molecule has 0 saturated carbocycles. The Balaban J connectivity index is 1.63. The quantitative estimate of drug-likeness (QED) is 0.0373. The van der Waals surface area contributed by atoms with Crippen LogP contribution >= 0.6 is 11.8 Å². The lowest BCUT2D eigenvalue weighted by molar-refractivity contribution is -0.713. The summed E-state index contributed by atoms with van der Waals surface area (Å²) < 4.78 is 35.4. The van der Waals surface area contributed by atoms with Crippen molar-refractivity contribution in [2.75, 3.05) is 85.0 Å². The molecule has 9 heteroatoms. The van der Waals surface area contributed by atoms with Crippen LogP contribution in [0.1, 0.15) is 96.8 Å². The summed E-state index contributed by atoms with van der Waals surface area (Å²) in [5.74, 6) is 0.867. The molecule has 0 N–H and O–H groups in total. The second-order valence-corrected chi connectivity index (χ2v) is 11.7. The van der Waals surface area contributed by atoms with E-state index in [-0.39, 0.29) is 0 Å². The summed E-state index contributed by atoms with van der Waals surface area (Å²) in [6, 6.07) is 1.92. The van der Waals surface area contributed by atoms with Gasteiger partial charge in [0.2, 0.25) is 0 Å². The Hall–Kier alpha value is -0.810. The van der Waals surface area contributed by atoms with Crippen LogP contribution in [-0.2, 0) is 35.5 Å². The summed E-state index contributed by atoms with van der Waals surface area (Å²) >= 11 is 1.68. The van der Waals surface area contributed by atoms with E-state index in [1.165, 1.54) is 83.5 Å². The number of ether oxygens (including phenoxy) is 6. The monoisotopic (exact) mass is 615 g/mol. The molecule has 1 heterocycles. The molecule has 1 aromatic rings. The fourth-order valence-corrected chi connectivity index (χ4v) is 5.14. The summed E-state index contributed by atoms with van der Waals surface area (Å²) in [5, 5.41) is 0.987. The van der Waals surface area contributed by atoms with Crippen LogP contribution in [0, 0.1) is 0 Å². The lowest BCUT2D eigenvalue weighted by atomic mass is 10.0. The number of aromatic nitrogens is 2. The smallest absolute Gasteiger partial charge is 0.358 e. The topological polar surface area (TPSA) is 72.2 Å². The molecule has 0 amide bonds. The summed E-state index contributed by atoms with van der Waals surface area (Å²) in [6.45, 7) is 9.66. The van der Waals surface area contributed by atoms with Gasteiger partial charge in [-0.3, -0.25) is 0 Å². The minimum Gasteiger partial charge on any atom is -0.379 e. The number of hydrogen-bond acceptors (Lipinski definition) is 8. The van der Waals surface area contributed by atoms with Crippen molar-refractivity contribution in [2.24, 2.45) is 7.05 Å². The van der Waals surface area contributed by atoms with E-state index in [4.69, 9.17) is 28.4 Å². The number of aryl methyl sites for hydroxylation is 1. The van der Waals surface area contributed by atoms with Crippen LogP contribution in [-0.4, -0.2) is 90.0 Å². The van der Waals surface area contributed by atoms with Gasteiger partial charge >= 0.3 is 5.16 Å². The number of unbranched alkanes of at least 4 members (excludes halogenated alkanes) is 13. The average molecular weight is 616 g/mol. The minimum absolute atomic E-state index is 0.558. The van der Waals surface area contributed by atoms with Crippen molar-refractivity contribution in [1.82, 2.24) is 4.98 Å². The Morgan fingerprint density at radius 1 is 0.524 bits per heavy atom. The highest BCUT2D eigenvalue weighted by Gasteiger charge is 2.07. The Bertz CT molecular complexity index is 673. The van der Waals surface area contributed by atoms with Crippen molar-refractivity contribution >= 4 is 11.8 Å². The van der Waals surface area contributed by atoms with Crippen molar-refractivity contribution in [3.8, 4) is 0 Å². The van der Waals surface area contributed by atoms with E-state index in [1.54, 1.807) is 18.0 Å². The van der Waals surface area contributed by atoms with Gasteiger partial charge in [0.05, 0.1) is 85.9 Å². The largest absolute Gasteiger partial charge is 0.379 e. The van der Waals surface area contributed by atoms with Gasteiger partial charge in [-0.15, -0.1) is 0 Å². The van der Waals surface area contributed by atoms with E-state index in [2.05, 4.69) is 11.9 Å². The minimum atomic E-state index is 0.558. The van der Waals surface area contributed by atoms with Crippen molar-refractivity contribution in [3.63, 3.8) is 0 Å². The molecule has 0 atom stereocenters. The predicted octanol–water partition coefficient (Wildman–Crippen LogP) is 6.58. The first-order chi connectivity index (χ1) is 20.8. The molecule has 1 aromatic heterocycles. The highest BCUT2D eigenvalue weighted by molar-refractivity contribution is 7.99. The highest BCUT2D eigenvalue weighted by atomic mass is 32.2. The van der Waals surface area contributed by atoms with Crippen molar-refractivity contribution in [2.45, 2.75) is 102 Å². The first-order valence-corrected chi connectivity index (χ1v) is 17.7. The molecule has 0 unspecified atom stereocenters. The Morgan fingerprint density at radius 2 is 0.905 bits per heavy atom. The van der Waals surface area contributed by atoms with Crippen LogP contribution in [0.3, 0.4) is 0 Å². The zero-order valence-electron chi connectivity index (χ0n) is 27.1. The van der Waals surface area contributed by atoms with Crippen LogP contribution in [0.2, 0.25) is 0 Å². The van der Waals surface area contributed by atoms with Crippen LogP contribution < -0.4 is 4.57 Å². The van der Waals surface area contributed by atoms with Gasteiger partial charge in [0.1, 0.15) is 6.20 Å². The van der Waals surface area contributed by atoms with Gasteiger partial charge in [-0.05, 0) is 23.2 Å². The maximum atomic E-state index is 5.68. The van der Waals surface area contributed by atoms with Gasteiger partial charge in [0.25, 0.3) is 0 Å². The lowest BCUT2D eigenvalue weighted by Crippen LogP contribution is -2.31. The van der Waals surface area contributed by atoms with Gasteiger partial charge in [-0.25, -0.2) is 4.57 Å². The zero-order chi connectivity index (χ0) is 30.0. The lowest BCUT2D eigenvalue weighted by Gasteiger charge is -2.08. The molecular formula is C33H63N2O6S+. The van der Waals surface area contributed by atoms with E-state index >= 15 is 0 Å². The van der Waals surface area contributed by atoms with E-state index in [1.807, 2.05) is 23.9 Å². The maximum absolute atomic E-state index is 5.68. The van der Waals surface area contributed by atoms with E-state index in [0.29, 0.717) is 72.7 Å². The van der Waals surface area contributed by atoms with Crippen molar-refractivity contribution in [1.29, 1.82) is 0 Å². The number of nitrogens with zero attached hydrogens (tertiary/aromatic N) is 2. The van der Waals surface area contributed by atoms with Gasteiger partial charge < -0.3 is 28.4 Å². The summed E-state index contributed by atoms with van der Waals surface area (Å²) in [7, 11) is 1.99. The van der Waals surface area contributed by atoms with Crippen LogP contribution in [0.15, 0.2) is 23.6 Å². The third-order valence-electron chi connectivity index (χ3n) is 6.84. The normalized spacial score (nSPS) is 11.5. The van der Waals surface area contributed by atoms with E-state index < -0.39 is 0 Å². The first kappa shape index (κ1) is 39.2. The van der Waals surface area contributed by atoms with Crippen LogP contribution in [0.5, 0.6) is 0 Å². The summed E-state index contributed by atoms with van der Waals surface area (Å²) in [5.41, 5.74) is 0. The molecule has 42 heavy (non-hydrogen) atoms. The molecule has 0 aromatic carbocycles. The Labute approximate surface area is 261 Å². The van der Waals surface area contributed by atoms with E-state index in [0.717, 1.165) is 23.9 Å². The van der Waals surface area contributed by atoms with Gasteiger partial charge in [0.15, 0.2) is 0 Å². The first-order valence-electron chi connectivity index (χ1n) is 16.7. The van der Waals surface area contributed by atoms with Gasteiger partial charge in [0, 0.05) is 18.4 Å². The molecule has 0 saturated heterocycles. The third-order valence-corrected chi connectivity index (χ3v) is 7.87. The molecule has 0 bridgehead atoms. The average Bonchev–Trinajstić information content (AvgIpc) is 3.00. The summed E-state index contributed by atoms with van der Waals surface area (Å²) in [4.78, 5) is 4.33. The predicted molar refractivity (Wildman–Crippen MR) is 171 cm³/mol. The molecule has 0 aliphatic heterocycles. The molecule has 0 fully saturated rings. The molecule has 0 aliphatic rings. The molecule has 246 valence electrons. The maximum Gasteiger partial charge on any atom is 0.358 e. The van der Waals surface area contributed by atoms with Crippen molar-refractivity contribution in [3.05, 3.63) is 18.5 Å². The molecular weight excluding hydrogens is 552 g/mol. The number of rotatable bonds is 34. The number of hydrogen-bond donors (Lipinski definition) is 0. The molecule has 0 spiro atoms.